The van der Waals surface area contributed by atoms with E-state index in [1.165, 1.54) is 25.7 Å². The first-order chi connectivity index (χ1) is 11.8. The predicted octanol–water partition coefficient (Wildman–Crippen LogP) is 3.21. The number of rotatable bonds is 5. The summed E-state index contributed by atoms with van der Waals surface area (Å²) in [6, 6.07) is 10.1. The Bertz CT molecular complexity index is 663. The van der Waals surface area contributed by atoms with Gasteiger partial charge in [-0.3, -0.25) is 0 Å². The molecule has 2 aromatic rings. The maximum atomic E-state index is 6.08. The zero-order chi connectivity index (χ0) is 16.4. The predicted molar refractivity (Wildman–Crippen MR) is 94.4 cm³/mol. The fourth-order valence-corrected chi connectivity index (χ4v) is 3.98. The zero-order valence-electron chi connectivity index (χ0n) is 14.4. The number of hydrogen-bond acceptors (Lipinski definition) is 4. The summed E-state index contributed by atoms with van der Waals surface area (Å²) in [5.41, 5.74) is 0. The number of anilines is 1. The van der Waals surface area contributed by atoms with E-state index in [1.807, 2.05) is 30.3 Å². The SMILES string of the molecule is Cn1c(CC2CCCC2)nnc1N1CC[C@@H](Oc2ccccc2)C1. The summed E-state index contributed by atoms with van der Waals surface area (Å²) in [5, 5.41) is 8.93. The van der Waals surface area contributed by atoms with E-state index >= 15 is 0 Å². The third-order valence-corrected chi connectivity index (χ3v) is 5.36. The van der Waals surface area contributed by atoms with Crippen molar-refractivity contribution in [1.29, 1.82) is 0 Å². The van der Waals surface area contributed by atoms with Crippen molar-refractivity contribution in [3.63, 3.8) is 0 Å². The number of benzene rings is 1. The van der Waals surface area contributed by atoms with Crippen molar-refractivity contribution in [3.05, 3.63) is 36.2 Å². The molecule has 1 aliphatic carbocycles. The largest absolute Gasteiger partial charge is 0.489 e. The van der Waals surface area contributed by atoms with Crippen LogP contribution in [0.15, 0.2) is 30.3 Å². The van der Waals surface area contributed by atoms with E-state index in [2.05, 4.69) is 26.7 Å². The van der Waals surface area contributed by atoms with E-state index in [9.17, 15) is 0 Å². The molecule has 0 amide bonds. The van der Waals surface area contributed by atoms with Crippen LogP contribution in [0, 0.1) is 5.92 Å². The second kappa shape index (κ2) is 6.83. The molecule has 0 unspecified atom stereocenters. The minimum atomic E-state index is 0.224. The first-order valence-corrected chi connectivity index (χ1v) is 9.14. The van der Waals surface area contributed by atoms with Gasteiger partial charge in [0, 0.05) is 26.4 Å². The Morgan fingerprint density at radius 2 is 1.88 bits per heavy atom. The highest BCUT2D eigenvalue weighted by Crippen LogP contribution is 2.29. The van der Waals surface area contributed by atoms with Gasteiger partial charge in [0.15, 0.2) is 0 Å². The van der Waals surface area contributed by atoms with E-state index in [0.717, 1.165) is 49.4 Å². The van der Waals surface area contributed by atoms with E-state index < -0.39 is 0 Å². The van der Waals surface area contributed by atoms with Crippen molar-refractivity contribution in [1.82, 2.24) is 14.8 Å². The van der Waals surface area contributed by atoms with Crippen molar-refractivity contribution in [2.24, 2.45) is 13.0 Å². The lowest BCUT2D eigenvalue weighted by molar-refractivity contribution is 0.225. The van der Waals surface area contributed by atoms with Crippen LogP contribution in [0.2, 0.25) is 0 Å². The van der Waals surface area contributed by atoms with Gasteiger partial charge in [-0.2, -0.15) is 0 Å². The second-order valence-electron chi connectivity index (χ2n) is 7.12. The lowest BCUT2D eigenvalue weighted by atomic mass is 10.0. The van der Waals surface area contributed by atoms with Gasteiger partial charge in [0.1, 0.15) is 17.7 Å². The van der Waals surface area contributed by atoms with E-state index in [4.69, 9.17) is 4.74 Å². The molecule has 1 saturated heterocycles. The minimum Gasteiger partial charge on any atom is -0.489 e. The van der Waals surface area contributed by atoms with Gasteiger partial charge in [0.05, 0.1) is 6.54 Å². The molecule has 5 nitrogen and oxygen atoms in total. The van der Waals surface area contributed by atoms with Crippen LogP contribution in [-0.4, -0.2) is 34.0 Å². The molecule has 0 radical (unpaired) electrons. The Morgan fingerprint density at radius 3 is 2.67 bits per heavy atom. The van der Waals surface area contributed by atoms with Crippen LogP contribution < -0.4 is 9.64 Å². The summed E-state index contributed by atoms with van der Waals surface area (Å²) in [7, 11) is 2.10. The first kappa shape index (κ1) is 15.5. The summed E-state index contributed by atoms with van der Waals surface area (Å²) >= 11 is 0. The third kappa shape index (κ3) is 3.25. The fraction of sp³-hybridized carbons (Fsp3) is 0.579. The summed E-state index contributed by atoms with van der Waals surface area (Å²) in [6.07, 6.45) is 7.76. The number of ether oxygens (including phenoxy) is 1. The average Bonchev–Trinajstić information content (AvgIpc) is 3.33. The van der Waals surface area contributed by atoms with Crippen LogP contribution in [0.25, 0.3) is 0 Å². The molecule has 1 aromatic heterocycles. The topological polar surface area (TPSA) is 43.2 Å². The Balaban J connectivity index is 1.39. The molecule has 0 N–H and O–H groups in total. The van der Waals surface area contributed by atoms with Gasteiger partial charge in [0.25, 0.3) is 0 Å². The molecule has 2 heterocycles. The number of hydrogen-bond donors (Lipinski definition) is 0. The molecular formula is C19H26N4O. The minimum absolute atomic E-state index is 0.224. The summed E-state index contributed by atoms with van der Waals surface area (Å²) < 4.78 is 8.27. The molecule has 24 heavy (non-hydrogen) atoms. The molecule has 1 atom stereocenters. The van der Waals surface area contributed by atoms with Gasteiger partial charge >= 0.3 is 0 Å². The van der Waals surface area contributed by atoms with Gasteiger partial charge in [0.2, 0.25) is 5.95 Å². The molecule has 0 bridgehead atoms. The standard InChI is InChI=1S/C19H26N4O/c1-22-18(13-15-7-5-6-8-15)20-21-19(22)23-12-11-17(14-23)24-16-9-3-2-4-10-16/h2-4,9-10,15,17H,5-8,11-14H2,1H3/t17-/m1/s1. The highest BCUT2D eigenvalue weighted by molar-refractivity contribution is 5.33. The lowest BCUT2D eigenvalue weighted by Gasteiger charge is -2.18. The highest BCUT2D eigenvalue weighted by atomic mass is 16.5. The van der Waals surface area contributed by atoms with Crippen molar-refractivity contribution < 1.29 is 4.74 Å². The quantitative estimate of drug-likeness (QED) is 0.846. The second-order valence-corrected chi connectivity index (χ2v) is 7.12. The van der Waals surface area contributed by atoms with Crippen LogP contribution >= 0.6 is 0 Å². The van der Waals surface area contributed by atoms with Crippen LogP contribution in [0.1, 0.15) is 37.9 Å². The molecule has 4 rings (SSSR count). The summed E-state index contributed by atoms with van der Waals surface area (Å²) in [6.45, 7) is 1.86. The highest BCUT2D eigenvalue weighted by Gasteiger charge is 2.28. The van der Waals surface area contributed by atoms with Crippen LogP contribution in [0.3, 0.4) is 0 Å². The smallest absolute Gasteiger partial charge is 0.227 e. The fourth-order valence-electron chi connectivity index (χ4n) is 3.98. The Labute approximate surface area is 143 Å². The summed E-state index contributed by atoms with van der Waals surface area (Å²) in [4.78, 5) is 2.30. The van der Waals surface area contributed by atoms with Crippen LogP contribution in [0.5, 0.6) is 5.75 Å². The van der Waals surface area contributed by atoms with Gasteiger partial charge in [-0.15, -0.1) is 10.2 Å². The summed E-state index contributed by atoms with van der Waals surface area (Å²) in [5.74, 6) is 3.87. The van der Waals surface area contributed by atoms with E-state index in [1.54, 1.807) is 0 Å². The van der Waals surface area contributed by atoms with Crippen molar-refractivity contribution in [3.8, 4) is 5.75 Å². The van der Waals surface area contributed by atoms with E-state index in [-0.39, 0.29) is 6.10 Å². The molecule has 1 aliphatic heterocycles. The molecule has 1 aromatic carbocycles. The number of para-hydroxylation sites is 1. The van der Waals surface area contributed by atoms with Crippen molar-refractivity contribution in [2.45, 2.75) is 44.6 Å². The van der Waals surface area contributed by atoms with Crippen molar-refractivity contribution in [2.75, 3.05) is 18.0 Å². The average molecular weight is 326 g/mol. The number of aromatic nitrogens is 3. The van der Waals surface area contributed by atoms with Crippen LogP contribution in [0.4, 0.5) is 5.95 Å². The molecule has 1 saturated carbocycles. The molecule has 5 heteroatoms. The monoisotopic (exact) mass is 326 g/mol. The maximum Gasteiger partial charge on any atom is 0.227 e. The maximum absolute atomic E-state index is 6.08. The van der Waals surface area contributed by atoms with Crippen molar-refractivity contribution >= 4 is 5.95 Å². The molecular weight excluding hydrogens is 300 g/mol. The molecule has 128 valence electrons. The van der Waals surface area contributed by atoms with Gasteiger partial charge < -0.3 is 14.2 Å². The van der Waals surface area contributed by atoms with Gasteiger partial charge in [-0.05, 0) is 18.1 Å². The Hall–Kier alpha value is -2.04. The van der Waals surface area contributed by atoms with Crippen LogP contribution in [-0.2, 0) is 13.5 Å². The normalized spacial score (nSPS) is 21.5. The Morgan fingerprint density at radius 1 is 1.08 bits per heavy atom. The molecule has 2 aliphatic rings. The third-order valence-electron chi connectivity index (χ3n) is 5.36. The first-order valence-electron chi connectivity index (χ1n) is 9.14. The molecule has 0 spiro atoms. The van der Waals surface area contributed by atoms with Gasteiger partial charge in [-0.25, -0.2) is 0 Å². The Kier molecular flexibility index (Phi) is 4.41. The molecule has 2 fully saturated rings. The van der Waals surface area contributed by atoms with E-state index in [0.29, 0.717) is 0 Å². The van der Waals surface area contributed by atoms with Gasteiger partial charge in [-0.1, -0.05) is 43.9 Å². The zero-order valence-corrected chi connectivity index (χ0v) is 14.4. The number of nitrogens with zero attached hydrogens (tertiary/aromatic N) is 4. The lowest BCUT2D eigenvalue weighted by Crippen LogP contribution is -2.26.